The quantitative estimate of drug-likeness (QED) is 0.752. The van der Waals surface area contributed by atoms with E-state index in [1.807, 2.05) is 46.6 Å². The molecule has 3 aromatic rings. The number of rotatable bonds is 3. The summed E-state index contributed by atoms with van der Waals surface area (Å²) in [5, 5.41) is 7.16. The number of carbonyl (C=O) groups is 2. The van der Waals surface area contributed by atoms with Gasteiger partial charge in [-0.25, -0.2) is 9.78 Å². The largest absolute Gasteiger partial charge is 0.336 e. The number of aryl methyl sites for hydroxylation is 1. The lowest BCUT2D eigenvalue weighted by Gasteiger charge is -2.39. The zero-order chi connectivity index (χ0) is 18.5. The number of likely N-dealkylation sites (tertiary alicyclic amines) is 1. The van der Waals surface area contributed by atoms with Crippen LogP contribution in [0.2, 0.25) is 0 Å². The zero-order valence-corrected chi connectivity index (χ0v) is 14.9. The van der Waals surface area contributed by atoms with Crippen molar-refractivity contribution >= 4 is 23.3 Å². The zero-order valence-electron chi connectivity index (χ0n) is 14.9. The molecule has 27 heavy (non-hydrogen) atoms. The van der Waals surface area contributed by atoms with Crippen LogP contribution in [0.4, 0.5) is 10.5 Å². The highest BCUT2D eigenvalue weighted by Gasteiger charge is 2.35. The van der Waals surface area contributed by atoms with Gasteiger partial charge in [-0.05, 0) is 19.1 Å². The molecule has 0 saturated carbocycles. The van der Waals surface area contributed by atoms with Crippen molar-refractivity contribution in [1.82, 2.24) is 29.4 Å². The number of hydrogen-bond acceptors (Lipinski definition) is 4. The summed E-state index contributed by atoms with van der Waals surface area (Å²) in [6, 6.07) is 5.72. The van der Waals surface area contributed by atoms with Crippen LogP contribution in [-0.4, -0.2) is 62.2 Å². The minimum Gasteiger partial charge on any atom is -0.336 e. The van der Waals surface area contributed by atoms with Gasteiger partial charge in [0.25, 0.3) is 5.91 Å². The van der Waals surface area contributed by atoms with Crippen LogP contribution in [0.1, 0.15) is 22.2 Å². The Bertz CT molecular complexity index is 1050. The molecule has 2 aliphatic rings. The van der Waals surface area contributed by atoms with Crippen LogP contribution in [0.3, 0.4) is 0 Å². The van der Waals surface area contributed by atoms with Gasteiger partial charge in [0, 0.05) is 38.6 Å². The number of nitrogens with zero attached hydrogens (tertiary/aromatic N) is 6. The van der Waals surface area contributed by atoms with Gasteiger partial charge in [-0.3, -0.25) is 18.8 Å². The number of nitrogens with one attached hydrogen (secondary N) is 1. The molecule has 0 radical (unpaired) electrons. The van der Waals surface area contributed by atoms with Gasteiger partial charge >= 0.3 is 6.03 Å². The minimum absolute atomic E-state index is 0.0197. The van der Waals surface area contributed by atoms with Crippen molar-refractivity contribution < 1.29 is 9.59 Å². The Morgan fingerprint density at radius 1 is 1.30 bits per heavy atom. The summed E-state index contributed by atoms with van der Waals surface area (Å²) < 4.78 is 3.68. The smallest absolute Gasteiger partial charge is 0.322 e. The second kappa shape index (κ2) is 5.83. The molecule has 0 spiro atoms. The molecule has 0 atom stereocenters. The molecule has 9 nitrogen and oxygen atoms in total. The van der Waals surface area contributed by atoms with Crippen molar-refractivity contribution in [2.45, 2.75) is 13.0 Å². The minimum atomic E-state index is -0.0944. The first-order chi connectivity index (χ1) is 13.1. The molecule has 0 unspecified atom stereocenters. The number of pyridine rings is 1. The predicted molar refractivity (Wildman–Crippen MR) is 97.8 cm³/mol. The molecule has 0 aromatic carbocycles. The van der Waals surface area contributed by atoms with Crippen LogP contribution in [0, 0.1) is 6.92 Å². The average Bonchev–Trinajstić information content (AvgIpc) is 3.31. The van der Waals surface area contributed by atoms with Crippen molar-refractivity contribution in [3.8, 4) is 0 Å². The van der Waals surface area contributed by atoms with Crippen molar-refractivity contribution in [2.24, 2.45) is 0 Å². The maximum atomic E-state index is 12.9. The fourth-order valence-electron chi connectivity index (χ4n) is 3.69. The highest BCUT2D eigenvalue weighted by Crippen LogP contribution is 2.26. The Morgan fingerprint density at radius 3 is 2.93 bits per heavy atom. The van der Waals surface area contributed by atoms with E-state index in [4.69, 9.17) is 0 Å². The van der Waals surface area contributed by atoms with Crippen LogP contribution in [0.15, 0.2) is 36.8 Å². The van der Waals surface area contributed by atoms with Gasteiger partial charge in [0.2, 0.25) is 0 Å². The van der Waals surface area contributed by atoms with Gasteiger partial charge in [0.15, 0.2) is 0 Å². The number of amides is 3. The summed E-state index contributed by atoms with van der Waals surface area (Å²) in [6.45, 7) is 4.33. The molecule has 0 aliphatic carbocycles. The van der Waals surface area contributed by atoms with E-state index in [1.165, 1.54) is 0 Å². The lowest BCUT2D eigenvalue weighted by Crippen LogP contribution is -2.51. The molecule has 5 rings (SSSR count). The maximum absolute atomic E-state index is 12.9. The summed E-state index contributed by atoms with van der Waals surface area (Å²) >= 11 is 0. The fourth-order valence-corrected chi connectivity index (χ4v) is 3.69. The number of imidazole rings is 1. The molecule has 3 amide bonds. The molecule has 9 heteroatoms. The molecule has 5 heterocycles. The topological polar surface area (TPSA) is 87.8 Å². The van der Waals surface area contributed by atoms with E-state index >= 15 is 0 Å². The number of fused-ring (bicyclic) bond motifs is 1. The predicted octanol–water partition coefficient (Wildman–Crippen LogP) is 1.07. The molecule has 3 aromatic heterocycles. The van der Waals surface area contributed by atoms with Crippen LogP contribution in [0.25, 0.3) is 5.65 Å². The van der Waals surface area contributed by atoms with E-state index < -0.39 is 0 Å². The van der Waals surface area contributed by atoms with Gasteiger partial charge in [-0.1, -0.05) is 6.07 Å². The lowest BCUT2D eigenvalue weighted by molar-refractivity contribution is 0.0493. The van der Waals surface area contributed by atoms with E-state index in [-0.39, 0.29) is 18.0 Å². The Balaban J connectivity index is 1.30. The van der Waals surface area contributed by atoms with Crippen LogP contribution in [0.5, 0.6) is 0 Å². The number of aromatic nitrogens is 4. The average molecular weight is 365 g/mol. The first kappa shape index (κ1) is 15.9. The van der Waals surface area contributed by atoms with E-state index in [1.54, 1.807) is 16.0 Å². The van der Waals surface area contributed by atoms with Crippen molar-refractivity contribution in [3.05, 3.63) is 48.2 Å². The molecule has 1 N–H and O–H groups in total. The highest BCUT2D eigenvalue weighted by molar-refractivity contribution is 5.95. The lowest BCUT2D eigenvalue weighted by atomic mass is 10.1. The van der Waals surface area contributed by atoms with Gasteiger partial charge in [-0.15, -0.1) is 0 Å². The molecular weight excluding hydrogens is 346 g/mol. The standard InChI is InChI=1S/C18H19N7O2/c1-12-16(24-6-3-2-4-15(24)21-12)17(26)22-9-14(10-22)25-11-13(8-20-25)23-7-5-19-18(23)27/h2-4,6,8,11,14H,5,7,9-10H2,1H3,(H,19,27). The molecule has 138 valence electrons. The molecule has 2 saturated heterocycles. The van der Waals surface area contributed by atoms with E-state index in [0.717, 1.165) is 17.0 Å². The molecule has 2 fully saturated rings. The van der Waals surface area contributed by atoms with Gasteiger partial charge in [0.1, 0.15) is 11.3 Å². The number of urea groups is 1. The summed E-state index contributed by atoms with van der Waals surface area (Å²) in [5.74, 6) is -0.0197. The Labute approximate surface area is 155 Å². The first-order valence-corrected chi connectivity index (χ1v) is 8.94. The third-order valence-corrected chi connectivity index (χ3v) is 5.19. The summed E-state index contributed by atoms with van der Waals surface area (Å²) in [5.41, 5.74) is 2.90. The second-order valence-electron chi connectivity index (χ2n) is 6.90. The normalized spacial score (nSPS) is 17.4. The maximum Gasteiger partial charge on any atom is 0.322 e. The molecule has 0 bridgehead atoms. The second-order valence-corrected chi connectivity index (χ2v) is 6.90. The van der Waals surface area contributed by atoms with E-state index in [0.29, 0.717) is 31.9 Å². The summed E-state index contributed by atoms with van der Waals surface area (Å²) in [4.78, 5) is 32.6. The van der Waals surface area contributed by atoms with Crippen molar-refractivity contribution in [2.75, 3.05) is 31.1 Å². The van der Waals surface area contributed by atoms with Gasteiger partial charge < -0.3 is 10.2 Å². The highest BCUT2D eigenvalue weighted by atomic mass is 16.2. The SMILES string of the molecule is Cc1nc2ccccn2c1C(=O)N1CC(n2cc(N3CCNC3=O)cn2)C1. The van der Waals surface area contributed by atoms with Crippen LogP contribution in [-0.2, 0) is 0 Å². The first-order valence-electron chi connectivity index (χ1n) is 8.94. The number of anilines is 1. The third kappa shape index (κ3) is 2.46. The number of carbonyl (C=O) groups excluding carboxylic acids is 2. The Hall–Kier alpha value is -3.36. The third-order valence-electron chi connectivity index (χ3n) is 5.19. The number of hydrogen-bond donors (Lipinski definition) is 1. The monoisotopic (exact) mass is 365 g/mol. The molecule has 2 aliphatic heterocycles. The van der Waals surface area contributed by atoms with Crippen LogP contribution >= 0.6 is 0 Å². The summed E-state index contributed by atoms with van der Waals surface area (Å²) in [6.07, 6.45) is 5.43. The Morgan fingerprint density at radius 2 is 2.15 bits per heavy atom. The van der Waals surface area contributed by atoms with Crippen molar-refractivity contribution in [1.29, 1.82) is 0 Å². The van der Waals surface area contributed by atoms with Crippen molar-refractivity contribution in [3.63, 3.8) is 0 Å². The van der Waals surface area contributed by atoms with E-state index in [9.17, 15) is 9.59 Å². The van der Waals surface area contributed by atoms with E-state index in [2.05, 4.69) is 15.4 Å². The summed E-state index contributed by atoms with van der Waals surface area (Å²) in [7, 11) is 0. The molecular formula is C18H19N7O2. The Kier molecular flexibility index (Phi) is 3.43. The van der Waals surface area contributed by atoms with Gasteiger partial charge in [0.05, 0.1) is 23.6 Å². The van der Waals surface area contributed by atoms with Gasteiger partial charge in [-0.2, -0.15) is 5.10 Å². The van der Waals surface area contributed by atoms with Crippen LogP contribution < -0.4 is 10.2 Å². The fraction of sp³-hybridized carbons (Fsp3) is 0.333.